The molecule has 11 aromatic carbocycles. The molecule has 69 heavy (non-hydrogen) atoms. The number of nitrogens with zero attached hydrogens (tertiary/aromatic N) is 1. The lowest BCUT2D eigenvalue weighted by Crippen LogP contribution is -2.28. The Morgan fingerprint density at radius 2 is 0.681 bits per heavy atom. The molecule has 0 saturated heterocycles. The van der Waals surface area contributed by atoms with Gasteiger partial charge in [-0.3, -0.25) is 0 Å². The van der Waals surface area contributed by atoms with Crippen LogP contribution in [-0.2, 0) is 5.41 Å². The van der Waals surface area contributed by atoms with Gasteiger partial charge in [-0.25, -0.2) is 0 Å². The summed E-state index contributed by atoms with van der Waals surface area (Å²) in [7, 11) is 0. The summed E-state index contributed by atoms with van der Waals surface area (Å²) in [5.74, 6) is 0. The third-order valence-corrected chi connectivity index (χ3v) is 15.4. The average molecular weight is 896 g/mol. The van der Waals surface area contributed by atoms with Crippen LogP contribution in [0, 0.1) is 0 Å². The second-order valence-electron chi connectivity index (χ2n) is 18.0. The van der Waals surface area contributed by atoms with Gasteiger partial charge in [0.2, 0.25) is 0 Å². The molecule has 1 aliphatic carbocycles. The molecule has 12 aromatic rings. The van der Waals surface area contributed by atoms with Crippen molar-refractivity contribution < 1.29 is 0 Å². The Labute approximate surface area is 407 Å². The van der Waals surface area contributed by atoms with Crippen molar-refractivity contribution in [3.8, 4) is 55.6 Å². The molecule has 0 aliphatic heterocycles. The van der Waals surface area contributed by atoms with Crippen LogP contribution in [0.4, 0.5) is 17.1 Å². The fraction of sp³-hybridized carbons (Fsp3) is 0.0149. The minimum atomic E-state index is -0.471. The molecule has 0 radical (unpaired) electrons. The van der Waals surface area contributed by atoms with Gasteiger partial charge in [0, 0.05) is 37.2 Å². The SMILES string of the molecule is c1ccc(-c2cc(-c3ccccc3)cc(-c3ccc(N(c4ccc(-c5cccc6c5sc5ccccc56)cc4)c4ccc(C5(c6ccccc6)c6ccccc6-c6ccccc65)cc4)cc3)c2)cc1. The van der Waals surface area contributed by atoms with Crippen molar-refractivity contribution in [2.24, 2.45) is 0 Å². The van der Waals surface area contributed by atoms with E-state index < -0.39 is 5.41 Å². The first-order valence-corrected chi connectivity index (χ1v) is 24.5. The average Bonchev–Trinajstić information content (AvgIpc) is 3.97. The monoisotopic (exact) mass is 895 g/mol. The number of hydrogen-bond acceptors (Lipinski definition) is 2. The van der Waals surface area contributed by atoms with Crippen molar-refractivity contribution in [1.82, 2.24) is 0 Å². The van der Waals surface area contributed by atoms with Crippen LogP contribution in [-0.4, -0.2) is 0 Å². The van der Waals surface area contributed by atoms with Crippen molar-refractivity contribution >= 4 is 48.6 Å². The summed E-state index contributed by atoms with van der Waals surface area (Å²) in [5, 5.41) is 2.63. The zero-order valence-corrected chi connectivity index (χ0v) is 38.7. The van der Waals surface area contributed by atoms with Crippen molar-refractivity contribution in [2.75, 3.05) is 4.90 Å². The maximum Gasteiger partial charge on any atom is 0.0713 e. The van der Waals surface area contributed by atoms with Crippen LogP contribution >= 0.6 is 11.3 Å². The summed E-state index contributed by atoms with van der Waals surface area (Å²) < 4.78 is 2.64. The van der Waals surface area contributed by atoms with E-state index in [1.54, 1.807) is 0 Å². The molecule has 0 saturated carbocycles. The molecule has 324 valence electrons. The summed E-state index contributed by atoms with van der Waals surface area (Å²) in [6, 6.07) is 100. The van der Waals surface area contributed by atoms with Crippen molar-refractivity contribution in [3.63, 3.8) is 0 Å². The molecule has 1 aliphatic rings. The minimum Gasteiger partial charge on any atom is -0.311 e. The Balaban J connectivity index is 0.941. The highest BCUT2D eigenvalue weighted by Gasteiger charge is 2.45. The number of hydrogen-bond donors (Lipinski definition) is 0. The first-order valence-electron chi connectivity index (χ1n) is 23.7. The maximum absolute atomic E-state index is 2.40. The summed E-state index contributed by atoms with van der Waals surface area (Å²) in [4.78, 5) is 2.40. The predicted molar refractivity (Wildman–Crippen MR) is 293 cm³/mol. The van der Waals surface area contributed by atoms with Gasteiger partial charge in [0.1, 0.15) is 0 Å². The van der Waals surface area contributed by atoms with Gasteiger partial charge in [-0.15, -0.1) is 11.3 Å². The molecule has 0 amide bonds. The standard InChI is InChI=1S/C67H45NS/c1-4-17-46(18-5-1)50-43-51(47-19-6-2-7-20-47)45-52(44-50)48-31-37-55(38-32-48)68(56-39-33-49(34-40-56)58-26-16-27-62-61-25-12-15-30-65(61)69-66(58)62)57-41-35-54(36-42-57)67(53-21-8-3-9-22-53)63-28-13-10-23-59(63)60-24-11-14-29-64(60)67/h1-45H. The fourth-order valence-corrected chi connectivity index (χ4v) is 12.2. The zero-order valence-electron chi connectivity index (χ0n) is 37.8. The molecule has 13 rings (SSSR count). The molecular formula is C67H45NS. The quantitative estimate of drug-likeness (QED) is 0.140. The van der Waals surface area contributed by atoms with E-state index >= 15 is 0 Å². The summed E-state index contributed by atoms with van der Waals surface area (Å²) in [6.45, 7) is 0. The first kappa shape index (κ1) is 40.7. The van der Waals surface area contributed by atoms with Crippen LogP contribution in [0.5, 0.6) is 0 Å². The van der Waals surface area contributed by atoms with E-state index in [9.17, 15) is 0 Å². The molecule has 1 heterocycles. The molecular weight excluding hydrogens is 851 g/mol. The molecule has 1 nitrogen and oxygen atoms in total. The van der Waals surface area contributed by atoms with E-state index in [1.807, 2.05) is 11.3 Å². The Morgan fingerprint density at radius 3 is 1.25 bits per heavy atom. The topological polar surface area (TPSA) is 3.24 Å². The van der Waals surface area contributed by atoms with Gasteiger partial charge in [0.25, 0.3) is 0 Å². The van der Waals surface area contributed by atoms with Crippen molar-refractivity contribution in [2.45, 2.75) is 5.41 Å². The number of benzene rings is 11. The van der Waals surface area contributed by atoms with Gasteiger partial charge in [-0.1, -0.05) is 212 Å². The van der Waals surface area contributed by atoms with Gasteiger partial charge in [-0.2, -0.15) is 0 Å². The number of anilines is 3. The second kappa shape index (κ2) is 16.9. The van der Waals surface area contributed by atoms with Crippen molar-refractivity contribution in [1.29, 1.82) is 0 Å². The van der Waals surface area contributed by atoms with Gasteiger partial charge < -0.3 is 4.90 Å². The first-order chi connectivity index (χ1) is 34.2. The number of rotatable bonds is 9. The van der Waals surface area contributed by atoms with E-state index in [0.717, 1.165) is 17.1 Å². The minimum absolute atomic E-state index is 0.471. The third-order valence-electron chi connectivity index (χ3n) is 14.2. The Morgan fingerprint density at radius 1 is 0.275 bits per heavy atom. The smallest absolute Gasteiger partial charge is 0.0713 e. The lowest BCUT2D eigenvalue weighted by molar-refractivity contribution is 0.768. The predicted octanol–water partition coefficient (Wildman–Crippen LogP) is 18.6. The Bertz CT molecular complexity index is 3690. The maximum atomic E-state index is 2.40. The normalized spacial score (nSPS) is 12.5. The fourth-order valence-electron chi connectivity index (χ4n) is 11.0. The summed E-state index contributed by atoms with van der Waals surface area (Å²) >= 11 is 1.88. The summed E-state index contributed by atoms with van der Waals surface area (Å²) in [5.41, 5.74) is 20.1. The molecule has 0 fully saturated rings. The lowest BCUT2D eigenvalue weighted by Gasteiger charge is -2.34. The van der Waals surface area contributed by atoms with Gasteiger partial charge in [-0.05, 0) is 139 Å². The van der Waals surface area contributed by atoms with Crippen LogP contribution in [0.25, 0.3) is 75.8 Å². The molecule has 2 heteroatoms. The van der Waals surface area contributed by atoms with E-state index in [2.05, 4.69) is 278 Å². The van der Waals surface area contributed by atoms with Gasteiger partial charge in [0.15, 0.2) is 0 Å². The van der Waals surface area contributed by atoms with E-state index in [1.165, 1.54) is 98.1 Å². The van der Waals surface area contributed by atoms with E-state index in [0.29, 0.717) is 0 Å². The van der Waals surface area contributed by atoms with Crippen molar-refractivity contribution in [3.05, 3.63) is 295 Å². The third kappa shape index (κ3) is 6.91. The highest BCUT2D eigenvalue weighted by molar-refractivity contribution is 7.26. The van der Waals surface area contributed by atoms with E-state index in [-0.39, 0.29) is 0 Å². The van der Waals surface area contributed by atoms with Gasteiger partial charge in [0.05, 0.1) is 5.41 Å². The molecule has 0 spiro atoms. The van der Waals surface area contributed by atoms with E-state index in [4.69, 9.17) is 0 Å². The molecule has 0 N–H and O–H groups in total. The lowest BCUT2D eigenvalue weighted by atomic mass is 9.68. The number of thiophene rings is 1. The largest absolute Gasteiger partial charge is 0.311 e. The Hall–Kier alpha value is -8.56. The van der Waals surface area contributed by atoms with Crippen LogP contribution in [0.15, 0.2) is 273 Å². The summed E-state index contributed by atoms with van der Waals surface area (Å²) in [6.07, 6.45) is 0. The molecule has 0 atom stereocenters. The Kier molecular flexibility index (Phi) is 10.00. The molecule has 0 unspecified atom stereocenters. The zero-order chi connectivity index (χ0) is 45.7. The van der Waals surface area contributed by atoms with Crippen LogP contribution in [0.1, 0.15) is 22.3 Å². The molecule has 0 bridgehead atoms. The highest BCUT2D eigenvalue weighted by atomic mass is 32.1. The van der Waals surface area contributed by atoms with Crippen LogP contribution < -0.4 is 4.90 Å². The van der Waals surface area contributed by atoms with Crippen LogP contribution in [0.2, 0.25) is 0 Å². The highest BCUT2D eigenvalue weighted by Crippen LogP contribution is 2.56. The number of fused-ring (bicyclic) bond motifs is 6. The second-order valence-corrected chi connectivity index (χ2v) is 19.0. The molecule has 1 aromatic heterocycles. The van der Waals surface area contributed by atoms with Crippen LogP contribution in [0.3, 0.4) is 0 Å². The van der Waals surface area contributed by atoms with Gasteiger partial charge >= 0.3 is 0 Å².